The molecule has 0 aliphatic carbocycles. The van der Waals surface area contributed by atoms with Gasteiger partial charge in [-0.15, -0.1) is 24.3 Å². The molecule has 0 aliphatic rings. The summed E-state index contributed by atoms with van der Waals surface area (Å²) in [5.74, 6) is 0.187. The third kappa shape index (κ3) is 8.65. The number of aromatic hydroxyl groups is 1. The average molecular weight is 1050 g/mol. The van der Waals surface area contributed by atoms with E-state index in [0.717, 1.165) is 67.1 Å². The van der Waals surface area contributed by atoms with E-state index in [1.165, 1.54) is 38.6 Å². The van der Waals surface area contributed by atoms with Gasteiger partial charge in [0.25, 0.3) is 0 Å². The van der Waals surface area contributed by atoms with Crippen LogP contribution < -0.4 is 0 Å². The van der Waals surface area contributed by atoms with Crippen LogP contribution in [-0.4, -0.2) is 24.6 Å². The first-order valence-electron chi connectivity index (χ1n) is 22.7. The van der Waals surface area contributed by atoms with Crippen LogP contribution in [0.25, 0.3) is 94.6 Å². The number of hydrogen-bond donors (Lipinski definition) is 1. The van der Waals surface area contributed by atoms with Gasteiger partial charge in [0.2, 0.25) is 0 Å². The topological polar surface area (TPSA) is 63.8 Å². The van der Waals surface area contributed by atoms with Crippen LogP contribution in [0.1, 0.15) is 63.8 Å². The summed E-state index contributed by atoms with van der Waals surface area (Å²) in [4.78, 5) is 14.4. The summed E-state index contributed by atoms with van der Waals surface area (Å²) < 4.78 is 2.44. The fourth-order valence-corrected chi connectivity index (χ4v) is 9.22. The molecule has 0 amide bonds. The third-order valence-electron chi connectivity index (χ3n) is 12.9. The molecule has 6 heteroatoms. The minimum atomic E-state index is -0.0531. The number of rotatable bonds is 7. The van der Waals surface area contributed by atoms with E-state index >= 15 is 0 Å². The van der Waals surface area contributed by atoms with E-state index in [1.807, 2.05) is 36.8 Å². The second-order valence-corrected chi connectivity index (χ2v) is 19.6. The fourth-order valence-electron chi connectivity index (χ4n) is 9.22. The van der Waals surface area contributed by atoms with Crippen LogP contribution in [0.3, 0.4) is 0 Å². The van der Waals surface area contributed by atoms with Crippen molar-refractivity contribution >= 4 is 21.8 Å². The van der Waals surface area contributed by atoms with Crippen molar-refractivity contribution in [3.63, 3.8) is 0 Å². The largest absolute Gasteiger partial charge is 0.507 e. The van der Waals surface area contributed by atoms with E-state index in [2.05, 4.69) is 198 Å². The molecule has 0 saturated carbocycles. The second-order valence-electron chi connectivity index (χ2n) is 19.6. The van der Waals surface area contributed by atoms with E-state index in [1.54, 1.807) is 6.07 Å². The van der Waals surface area contributed by atoms with E-state index in [0.29, 0.717) is 11.3 Å². The zero-order valence-electron chi connectivity index (χ0n) is 39.2. The Morgan fingerprint density at radius 2 is 1.09 bits per heavy atom. The number of para-hydroxylation sites is 3. The minimum absolute atomic E-state index is 0. The number of phenolic OH excluding ortho intramolecular Hbond substituents is 1. The molecule has 334 valence electrons. The molecule has 0 unspecified atom stereocenters. The summed E-state index contributed by atoms with van der Waals surface area (Å²) in [6.45, 7) is 18.0. The zero-order chi connectivity index (χ0) is 45.9. The summed E-state index contributed by atoms with van der Waals surface area (Å²) in [5, 5.41) is 13.5. The number of hydrogen-bond acceptors (Lipinski definition) is 4. The predicted molar refractivity (Wildman–Crippen MR) is 274 cm³/mol. The maximum atomic E-state index is 11.1. The van der Waals surface area contributed by atoms with Gasteiger partial charge in [-0.25, -0.2) is 0 Å². The van der Waals surface area contributed by atoms with Gasteiger partial charge in [0.15, 0.2) is 0 Å². The normalized spacial score (nSPS) is 11.8. The molecule has 67 heavy (non-hydrogen) atoms. The van der Waals surface area contributed by atoms with Gasteiger partial charge in [-0.2, -0.15) is 0 Å². The van der Waals surface area contributed by atoms with Crippen LogP contribution in [0.5, 0.6) is 5.75 Å². The minimum Gasteiger partial charge on any atom is -0.507 e. The number of pyridine rings is 3. The first-order valence-corrected chi connectivity index (χ1v) is 22.7. The van der Waals surface area contributed by atoms with Crippen LogP contribution in [0, 0.1) is 19.9 Å². The van der Waals surface area contributed by atoms with Crippen LogP contribution in [0.4, 0.5) is 0 Å². The quantitative estimate of drug-likeness (QED) is 0.162. The SMILES string of the molecule is Cc1cc(-n2c3ccccc3c3cccc(-c4ccnc(-c5[c-]c(-c6cc(-c7cc(C(C)(C)C)cc(C(C)(C)C)c7)cc(-c7ccccc7O)n6)ccc5)c4)c32)c(C)cc1-c1ccncc1.[Pt]. The van der Waals surface area contributed by atoms with E-state index in [-0.39, 0.29) is 37.6 Å². The van der Waals surface area contributed by atoms with Crippen molar-refractivity contribution in [2.24, 2.45) is 0 Å². The van der Waals surface area contributed by atoms with E-state index in [4.69, 9.17) is 9.97 Å². The first kappa shape index (κ1) is 45.2. The Kier molecular flexibility index (Phi) is 11.9. The van der Waals surface area contributed by atoms with Crippen LogP contribution >= 0.6 is 0 Å². The smallest absolute Gasteiger partial charge is 0.124 e. The maximum absolute atomic E-state index is 11.1. The fraction of sp³-hybridized carbons (Fsp3) is 0.164. The molecular formula is C61H53N4OPt-. The molecule has 0 bridgehead atoms. The molecule has 0 radical (unpaired) electrons. The van der Waals surface area contributed by atoms with Crippen molar-refractivity contribution in [2.75, 3.05) is 0 Å². The molecule has 10 aromatic rings. The second kappa shape index (κ2) is 17.7. The Balaban J connectivity index is 0.00000562. The van der Waals surface area contributed by atoms with Gasteiger partial charge >= 0.3 is 0 Å². The summed E-state index contributed by atoms with van der Waals surface area (Å²) in [6, 6.07) is 56.9. The first-order chi connectivity index (χ1) is 31.7. The summed E-state index contributed by atoms with van der Waals surface area (Å²) in [7, 11) is 0. The molecule has 6 aromatic carbocycles. The number of nitrogens with zero attached hydrogens (tertiary/aromatic N) is 4. The Bertz CT molecular complexity index is 3450. The van der Waals surface area contributed by atoms with Gasteiger partial charge in [0.1, 0.15) is 5.75 Å². The summed E-state index contributed by atoms with van der Waals surface area (Å²) in [5.41, 5.74) is 19.6. The van der Waals surface area contributed by atoms with Crippen molar-refractivity contribution in [2.45, 2.75) is 66.2 Å². The van der Waals surface area contributed by atoms with Gasteiger partial charge in [-0.1, -0.05) is 132 Å². The number of fused-ring (bicyclic) bond motifs is 3. The van der Waals surface area contributed by atoms with Crippen molar-refractivity contribution < 1.29 is 26.2 Å². The van der Waals surface area contributed by atoms with Crippen LogP contribution in [0.2, 0.25) is 0 Å². The van der Waals surface area contributed by atoms with Gasteiger partial charge in [0.05, 0.1) is 16.7 Å². The maximum Gasteiger partial charge on any atom is 0.124 e. The van der Waals surface area contributed by atoms with Gasteiger partial charge in [-0.05, 0) is 129 Å². The monoisotopic (exact) mass is 1050 g/mol. The molecule has 5 nitrogen and oxygen atoms in total. The predicted octanol–water partition coefficient (Wildman–Crippen LogP) is 15.7. The Labute approximate surface area is 408 Å². The molecule has 0 fully saturated rings. The Hall–Kier alpha value is -6.94. The third-order valence-corrected chi connectivity index (χ3v) is 12.9. The standard InChI is InChI=1S/C61H53N4O.Pt/c1-38-30-57(39(2)29-52(38)40-23-26-62-27-24-40)65-56-21-11-9-17-49(56)50-20-14-19-48(59(50)65)41-25-28-63-53(34-41)42-15-13-16-43(31-42)54-35-45(36-55(64-54)51-18-10-12-22-58(51)66)44-32-46(60(3,4)5)37-47(33-44)61(6,7)8;/h9-30,32-37,66H,1-8H3;/q-1;. The van der Waals surface area contributed by atoms with Crippen molar-refractivity contribution in [1.29, 1.82) is 0 Å². The van der Waals surface area contributed by atoms with Crippen molar-refractivity contribution in [3.8, 4) is 78.6 Å². The van der Waals surface area contributed by atoms with Crippen molar-refractivity contribution in [1.82, 2.24) is 19.5 Å². The van der Waals surface area contributed by atoms with E-state index in [9.17, 15) is 5.11 Å². The number of aromatic nitrogens is 4. The number of phenols is 1. The summed E-state index contributed by atoms with van der Waals surface area (Å²) in [6.07, 6.45) is 5.61. The number of aryl methyl sites for hydroxylation is 2. The Morgan fingerprint density at radius 3 is 1.82 bits per heavy atom. The van der Waals surface area contributed by atoms with Gasteiger partial charge < -0.3 is 9.67 Å². The molecule has 0 spiro atoms. The number of benzene rings is 6. The molecule has 4 aromatic heterocycles. The summed E-state index contributed by atoms with van der Waals surface area (Å²) >= 11 is 0. The van der Waals surface area contributed by atoms with Gasteiger partial charge in [0, 0.05) is 78.6 Å². The zero-order valence-corrected chi connectivity index (χ0v) is 41.5. The molecule has 1 N–H and O–H groups in total. The molecule has 0 aliphatic heterocycles. The van der Waals surface area contributed by atoms with Crippen LogP contribution in [0.15, 0.2) is 170 Å². The molecule has 10 rings (SSSR count). The molecule has 4 heterocycles. The molecule has 0 atom stereocenters. The Morgan fingerprint density at radius 1 is 0.493 bits per heavy atom. The van der Waals surface area contributed by atoms with Gasteiger partial charge in [-0.3, -0.25) is 15.0 Å². The van der Waals surface area contributed by atoms with Crippen molar-refractivity contribution in [3.05, 3.63) is 199 Å². The van der Waals surface area contributed by atoms with Crippen LogP contribution in [-0.2, 0) is 31.9 Å². The van der Waals surface area contributed by atoms with E-state index < -0.39 is 0 Å². The average Bonchev–Trinajstić information content (AvgIpc) is 3.66. The molecular weight excluding hydrogens is 1000 g/mol. The molecule has 0 saturated heterocycles.